The molecule has 5 heteroatoms. The summed E-state index contributed by atoms with van der Waals surface area (Å²) in [5.74, 6) is 1.38. The van der Waals surface area contributed by atoms with Crippen LogP contribution >= 0.6 is 0 Å². The normalized spacial score (nSPS) is 17.2. The molecule has 0 radical (unpaired) electrons. The number of pyridine rings is 1. The smallest absolute Gasteiger partial charge is 0.171 e. The number of hydrogen-bond donors (Lipinski definition) is 0. The molecule has 122 valence electrons. The van der Waals surface area contributed by atoms with E-state index in [-0.39, 0.29) is 11.7 Å². The third-order valence-electron chi connectivity index (χ3n) is 4.36. The van der Waals surface area contributed by atoms with Gasteiger partial charge < -0.3 is 9.64 Å². The molecule has 0 aliphatic carbocycles. The summed E-state index contributed by atoms with van der Waals surface area (Å²) in [6.45, 7) is 1.45. The Labute approximate surface area is 141 Å². The molecule has 0 saturated carbocycles. The van der Waals surface area contributed by atoms with Crippen LogP contribution in [0.1, 0.15) is 28.8 Å². The van der Waals surface area contributed by atoms with Crippen LogP contribution in [0, 0.1) is 17.2 Å². The number of piperidine rings is 1. The van der Waals surface area contributed by atoms with Crippen LogP contribution in [0.15, 0.2) is 42.6 Å². The van der Waals surface area contributed by atoms with Crippen LogP contribution in [0.3, 0.4) is 0 Å². The minimum Gasteiger partial charge on any atom is -0.496 e. The molecule has 0 spiro atoms. The predicted molar refractivity (Wildman–Crippen MR) is 91.2 cm³/mol. The molecule has 24 heavy (non-hydrogen) atoms. The van der Waals surface area contributed by atoms with Crippen LogP contribution in [-0.2, 0) is 0 Å². The zero-order chi connectivity index (χ0) is 16.9. The number of ketones is 1. The fourth-order valence-corrected chi connectivity index (χ4v) is 3.13. The number of anilines is 1. The monoisotopic (exact) mass is 321 g/mol. The summed E-state index contributed by atoms with van der Waals surface area (Å²) < 4.78 is 5.32. The number of para-hydroxylation sites is 1. The Balaban J connectivity index is 1.80. The zero-order valence-electron chi connectivity index (χ0n) is 13.6. The summed E-state index contributed by atoms with van der Waals surface area (Å²) in [4.78, 5) is 19.3. The summed E-state index contributed by atoms with van der Waals surface area (Å²) in [6.07, 6.45) is 3.41. The van der Waals surface area contributed by atoms with E-state index < -0.39 is 0 Å². The lowest BCUT2D eigenvalue weighted by Gasteiger charge is -2.33. The van der Waals surface area contributed by atoms with Gasteiger partial charge in [-0.25, -0.2) is 4.98 Å². The maximum absolute atomic E-state index is 12.9. The maximum atomic E-state index is 12.9. The summed E-state index contributed by atoms with van der Waals surface area (Å²) >= 11 is 0. The van der Waals surface area contributed by atoms with Crippen molar-refractivity contribution in [1.29, 1.82) is 5.26 Å². The van der Waals surface area contributed by atoms with Gasteiger partial charge in [-0.3, -0.25) is 4.79 Å². The summed E-state index contributed by atoms with van der Waals surface area (Å²) in [5, 5.41) is 9.04. The second-order valence-corrected chi connectivity index (χ2v) is 5.86. The van der Waals surface area contributed by atoms with E-state index in [2.05, 4.69) is 16.0 Å². The van der Waals surface area contributed by atoms with E-state index in [1.165, 1.54) is 0 Å². The van der Waals surface area contributed by atoms with Gasteiger partial charge in [0.15, 0.2) is 5.78 Å². The summed E-state index contributed by atoms with van der Waals surface area (Å²) in [7, 11) is 1.58. The van der Waals surface area contributed by atoms with Crippen LogP contribution < -0.4 is 9.64 Å². The summed E-state index contributed by atoms with van der Waals surface area (Å²) in [5.41, 5.74) is 1.21. The molecule has 2 heterocycles. The highest BCUT2D eigenvalue weighted by Gasteiger charge is 2.28. The Hall–Kier alpha value is -2.87. The minimum absolute atomic E-state index is 0.0948. The lowest BCUT2D eigenvalue weighted by atomic mass is 9.89. The first kappa shape index (κ1) is 16.0. The van der Waals surface area contributed by atoms with E-state index in [1.54, 1.807) is 25.4 Å². The molecule has 1 fully saturated rings. The van der Waals surface area contributed by atoms with Crippen molar-refractivity contribution >= 4 is 11.6 Å². The van der Waals surface area contributed by atoms with Gasteiger partial charge in [-0.2, -0.15) is 5.26 Å². The number of hydrogen-bond acceptors (Lipinski definition) is 5. The van der Waals surface area contributed by atoms with Gasteiger partial charge in [0.05, 0.1) is 24.3 Å². The average Bonchev–Trinajstić information content (AvgIpc) is 2.67. The third kappa shape index (κ3) is 3.23. The summed E-state index contributed by atoms with van der Waals surface area (Å²) in [6, 6.07) is 12.9. The van der Waals surface area contributed by atoms with Gasteiger partial charge in [-0.15, -0.1) is 0 Å². The highest BCUT2D eigenvalue weighted by molar-refractivity contribution is 6.00. The average molecular weight is 321 g/mol. The van der Waals surface area contributed by atoms with Crippen molar-refractivity contribution < 1.29 is 9.53 Å². The number of ether oxygens (including phenoxy) is 1. The zero-order valence-corrected chi connectivity index (χ0v) is 13.6. The molecular weight excluding hydrogens is 302 g/mol. The maximum Gasteiger partial charge on any atom is 0.171 e. The first-order valence-electron chi connectivity index (χ1n) is 8.01. The molecule has 1 aliphatic rings. The minimum atomic E-state index is -0.0948. The SMILES string of the molecule is COc1ccccc1C(=O)[C@@H]1CCCN(c2cc(C#N)ccn2)C1. The molecule has 0 unspecified atom stereocenters. The standard InChI is InChI=1S/C19H19N3O2/c1-24-17-7-3-2-6-16(17)19(23)15-5-4-10-22(13-15)18-11-14(12-20)8-9-21-18/h2-3,6-9,11,15H,4-5,10,13H2,1H3/t15-/m1/s1. The van der Waals surface area contributed by atoms with Gasteiger partial charge in [0.2, 0.25) is 0 Å². The van der Waals surface area contributed by atoms with E-state index >= 15 is 0 Å². The number of carbonyl (C=O) groups is 1. The number of aromatic nitrogens is 1. The molecule has 0 N–H and O–H groups in total. The van der Waals surface area contributed by atoms with Crippen LogP contribution in [0.5, 0.6) is 5.75 Å². The van der Waals surface area contributed by atoms with Gasteiger partial charge in [0, 0.05) is 25.2 Å². The molecule has 1 aromatic heterocycles. The second-order valence-electron chi connectivity index (χ2n) is 5.86. The van der Waals surface area contributed by atoms with Crippen LogP contribution in [0.2, 0.25) is 0 Å². The van der Waals surface area contributed by atoms with Crippen molar-refractivity contribution in [2.24, 2.45) is 5.92 Å². The van der Waals surface area contributed by atoms with E-state index in [0.717, 1.165) is 25.2 Å². The molecule has 3 rings (SSSR count). The highest BCUT2D eigenvalue weighted by atomic mass is 16.5. The van der Waals surface area contributed by atoms with Crippen LogP contribution in [0.25, 0.3) is 0 Å². The Bertz CT molecular complexity index is 782. The number of benzene rings is 1. The number of Topliss-reactive ketones (excluding diaryl/α,β-unsaturated/α-hetero) is 1. The Morgan fingerprint density at radius 3 is 3.00 bits per heavy atom. The number of nitriles is 1. The number of rotatable bonds is 4. The fourth-order valence-electron chi connectivity index (χ4n) is 3.13. The van der Waals surface area contributed by atoms with Gasteiger partial charge in [0.25, 0.3) is 0 Å². The molecule has 1 atom stereocenters. The molecule has 1 aromatic carbocycles. The molecule has 0 bridgehead atoms. The first-order valence-corrected chi connectivity index (χ1v) is 8.01. The van der Waals surface area contributed by atoms with Crippen molar-refractivity contribution in [1.82, 2.24) is 4.98 Å². The number of carbonyl (C=O) groups excluding carboxylic acids is 1. The van der Waals surface area contributed by atoms with E-state index in [1.807, 2.05) is 24.3 Å². The van der Waals surface area contributed by atoms with Crippen molar-refractivity contribution in [3.05, 3.63) is 53.7 Å². The Morgan fingerprint density at radius 1 is 1.38 bits per heavy atom. The van der Waals surface area contributed by atoms with Crippen molar-refractivity contribution in [3.8, 4) is 11.8 Å². The molecule has 1 saturated heterocycles. The van der Waals surface area contributed by atoms with Gasteiger partial charge >= 0.3 is 0 Å². The Morgan fingerprint density at radius 2 is 2.21 bits per heavy atom. The van der Waals surface area contributed by atoms with E-state index in [0.29, 0.717) is 23.4 Å². The molecule has 1 aliphatic heterocycles. The van der Waals surface area contributed by atoms with Crippen molar-refractivity contribution in [2.75, 3.05) is 25.1 Å². The third-order valence-corrected chi connectivity index (χ3v) is 4.36. The number of methoxy groups -OCH3 is 1. The van der Waals surface area contributed by atoms with Gasteiger partial charge in [-0.1, -0.05) is 12.1 Å². The molecule has 5 nitrogen and oxygen atoms in total. The van der Waals surface area contributed by atoms with Gasteiger partial charge in [0.1, 0.15) is 11.6 Å². The highest BCUT2D eigenvalue weighted by Crippen LogP contribution is 2.28. The number of nitrogens with zero attached hydrogens (tertiary/aromatic N) is 3. The quantitative estimate of drug-likeness (QED) is 0.810. The van der Waals surface area contributed by atoms with E-state index in [9.17, 15) is 4.79 Å². The lowest BCUT2D eigenvalue weighted by Crippen LogP contribution is -2.39. The topological polar surface area (TPSA) is 66.2 Å². The van der Waals surface area contributed by atoms with Crippen LogP contribution in [0.4, 0.5) is 5.82 Å². The first-order chi connectivity index (χ1) is 11.7. The Kier molecular flexibility index (Phi) is 4.76. The van der Waals surface area contributed by atoms with Crippen LogP contribution in [-0.4, -0.2) is 31.0 Å². The fraction of sp³-hybridized carbons (Fsp3) is 0.316. The lowest BCUT2D eigenvalue weighted by molar-refractivity contribution is 0.0904. The second kappa shape index (κ2) is 7.14. The van der Waals surface area contributed by atoms with Gasteiger partial charge in [-0.05, 0) is 37.1 Å². The van der Waals surface area contributed by atoms with Crippen molar-refractivity contribution in [3.63, 3.8) is 0 Å². The molecular formula is C19H19N3O2. The van der Waals surface area contributed by atoms with E-state index in [4.69, 9.17) is 10.00 Å². The predicted octanol–water partition coefficient (Wildman–Crippen LogP) is 3.06. The molecule has 2 aromatic rings. The largest absolute Gasteiger partial charge is 0.496 e. The molecule has 0 amide bonds. The van der Waals surface area contributed by atoms with Crippen molar-refractivity contribution in [2.45, 2.75) is 12.8 Å².